The lowest BCUT2D eigenvalue weighted by molar-refractivity contribution is -0.130. The summed E-state index contributed by atoms with van der Waals surface area (Å²) in [5.74, 6) is 0.632. The van der Waals surface area contributed by atoms with Crippen molar-refractivity contribution in [1.29, 1.82) is 0 Å². The number of carbonyl (C=O) groups excluding carboxylic acids is 2. The number of imidazole rings is 1. The van der Waals surface area contributed by atoms with Gasteiger partial charge in [0, 0.05) is 26.9 Å². The third-order valence-electron chi connectivity index (χ3n) is 4.57. The molecule has 0 atom stereocenters. The van der Waals surface area contributed by atoms with Gasteiger partial charge in [-0.3, -0.25) is 19.1 Å². The van der Waals surface area contributed by atoms with Crippen molar-refractivity contribution in [3.63, 3.8) is 0 Å². The quantitative estimate of drug-likeness (QED) is 0.561. The van der Waals surface area contributed by atoms with Crippen LogP contribution in [0, 0.1) is 6.92 Å². The van der Waals surface area contributed by atoms with E-state index in [0.29, 0.717) is 22.9 Å². The van der Waals surface area contributed by atoms with Crippen molar-refractivity contribution < 1.29 is 18.7 Å². The summed E-state index contributed by atoms with van der Waals surface area (Å²) >= 11 is 0. The van der Waals surface area contributed by atoms with Crippen molar-refractivity contribution in [3.05, 3.63) is 49.8 Å². The summed E-state index contributed by atoms with van der Waals surface area (Å²) in [7, 11) is 4.40. The van der Waals surface area contributed by atoms with Crippen LogP contribution in [0.5, 0.6) is 0 Å². The molecular formula is C18H21N5O6. The molecule has 0 saturated carbocycles. The smallest absolute Gasteiger partial charge is 0.341 e. The Morgan fingerprint density at radius 3 is 2.72 bits per heavy atom. The fraction of sp³-hybridized carbons (Fsp3) is 0.389. The van der Waals surface area contributed by atoms with Gasteiger partial charge in [-0.2, -0.15) is 0 Å². The van der Waals surface area contributed by atoms with Crippen molar-refractivity contribution in [1.82, 2.24) is 24.4 Å². The van der Waals surface area contributed by atoms with Crippen LogP contribution < -0.4 is 11.2 Å². The maximum atomic E-state index is 12.4. The zero-order valence-corrected chi connectivity index (χ0v) is 16.5. The number of hydrogen-bond acceptors (Lipinski definition) is 7. The van der Waals surface area contributed by atoms with Crippen LogP contribution in [-0.4, -0.2) is 50.5 Å². The second-order valence-corrected chi connectivity index (χ2v) is 6.62. The number of nitrogens with zero attached hydrogens (tertiary/aromatic N) is 3. The number of ether oxygens (including phenoxy) is 1. The maximum absolute atomic E-state index is 12.4. The third-order valence-corrected chi connectivity index (χ3v) is 4.57. The molecule has 0 unspecified atom stereocenters. The number of furan rings is 1. The van der Waals surface area contributed by atoms with E-state index in [4.69, 9.17) is 4.42 Å². The van der Waals surface area contributed by atoms with Gasteiger partial charge in [-0.05, 0) is 13.0 Å². The number of aryl methyl sites for hydroxylation is 3. The summed E-state index contributed by atoms with van der Waals surface area (Å²) in [5.41, 5.74) is -0.377. The first-order valence-electron chi connectivity index (χ1n) is 8.80. The minimum absolute atomic E-state index is 0.131. The summed E-state index contributed by atoms with van der Waals surface area (Å²) in [6, 6.07) is 1.55. The lowest BCUT2D eigenvalue weighted by Crippen LogP contribution is -2.28. The second-order valence-electron chi connectivity index (χ2n) is 6.62. The molecule has 0 bridgehead atoms. The van der Waals surface area contributed by atoms with Crippen molar-refractivity contribution in [2.24, 2.45) is 7.05 Å². The fourth-order valence-electron chi connectivity index (χ4n) is 2.94. The molecule has 0 radical (unpaired) electrons. The zero-order valence-electron chi connectivity index (χ0n) is 16.5. The minimum atomic E-state index is -0.559. The Bertz CT molecular complexity index is 1200. The molecule has 0 saturated heterocycles. The molecule has 0 aliphatic carbocycles. The molecule has 3 rings (SSSR count). The molecule has 0 aliphatic rings. The second kappa shape index (κ2) is 7.78. The molecule has 0 aromatic carbocycles. The Labute approximate surface area is 164 Å². The molecule has 0 fully saturated rings. The number of aromatic amines is 2. The van der Waals surface area contributed by atoms with Crippen molar-refractivity contribution in [2.75, 3.05) is 14.2 Å². The number of H-pyrrole nitrogens is 2. The Hall–Kier alpha value is -3.63. The topological polar surface area (TPSA) is 143 Å². The van der Waals surface area contributed by atoms with Gasteiger partial charge in [-0.1, -0.05) is 0 Å². The largest absolute Gasteiger partial charge is 0.465 e. The highest BCUT2D eigenvalue weighted by Gasteiger charge is 2.18. The number of methoxy groups -OCH3 is 1. The normalized spacial score (nSPS) is 11.0. The molecule has 1 amide bonds. The summed E-state index contributed by atoms with van der Waals surface area (Å²) in [5, 5.41) is 0. The number of esters is 1. The van der Waals surface area contributed by atoms with Gasteiger partial charge in [-0.25, -0.2) is 14.6 Å². The Balaban J connectivity index is 1.66. The number of amides is 1. The lowest BCUT2D eigenvalue weighted by atomic mass is 10.2. The van der Waals surface area contributed by atoms with Crippen LogP contribution in [0.1, 0.15) is 34.1 Å². The van der Waals surface area contributed by atoms with E-state index < -0.39 is 17.2 Å². The maximum Gasteiger partial charge on any atom is 0.341 e. The van der Waals surface area contributed by atoms with Gasteiger partial charge in [0.05, 0.1) is 13.7 Å². The van der Waals surface area contributed by atoms with Gasteiger partial charge in [-0.15, -0.1) is 0 Å². The van der Waals surface area contributed by atoms with Gasteiger partial charge < -0.3 is 19.0 Å². The van der Waals surface area contributed by atoms with Gasteiger partial charge in [0.1, 0.15) is 28.4 Å². The number of hydrogen-bond donors (Lipinski definition) is 2. The van der Waals surface area contributed by atoms with Crippen molar-refractivity contribution in [3.8, 4) is 0 Å². The third kappa shape index (κ3) is 3.98. The highest BCUT2D eigenvalue weighted by molar-refractivity contribution is 5.90. The van der Waals surface area contributed by atoms with E-state index in [2.05, 4.69) is 19.7 Å². The van der Waals surface area contributed by atoms with Crippen LogP contribution >= 0.6 is 0 Å². The van der Waals surface area contributed by atoms with E-state index >= 15 is 0 Å². The van der Waals surface area contributed by atoms with Gasteiger partial charge >= 0.3 is 11.7 Å². The van der Waals surface area contributed by atoms with Crippen LogP contribution in [0.4, 0.5) is 0 Å². The van der Waals surface area contributed by atoms with Crippen LogP contribution in [0.2, 0.25) is 0 Å². The van der Waals surface area contributed by atoms with Crippen LogP contribution in [0.3, 0.4) is 0 Å². The first-order valence-corrected chi connectivity index (χ1v) is 8.80. The molecular weight excluding hydrogens is 382 g/mol. The Morgan fingerprint density at radius 2 is 2.03 bits per heavy atom. The molecule has 11 heteroatoms. The molecule has 3 heterocycles. The van der Waals surface area contributed by atoms with E-state index in [1.165, 1.54) is 23.6 Å². The number of fused-ring (bicyclic) bond motifs is 1. The van der Waals surface area contributed by atoms with E-state index in [0.717, 1.165) is 0 Å². The van der Waals surface area contributed by atoms with E-state index in [9.17, 15) is 19.2 Å². The van der Waals surface area contributed by atoms with Crippen LogP contribution in [-0.2, 0) is 29.5 Å². The molecule has 3 aromatic heterocycles. The predicted octanol–water partition coefficient (Wildman–Crippen LogP) is 0.229. The molecule has 0 aliphatic heterocycles. The first-order chi connectivity index (χ1) is 13.7. The van der Waals surface area contributed by atoms with Crippen LogP contribution in [0.15, 0.2) is 20.1 Å². The highest BCUT2D eigenvalue weighted by Crippen LogP contribution is 2.17. The average molecular weight is 403 g/mol. The summed E-state index contributed by atoms with van der Waals surface area (Å²) < 4.78 is 11.4. The standard InChI is InChI=1S/C18H21N5O6/c1-9-11(17(26)28-4)7-10(29-9)8-22(2)13(24)6-5-12-19-14-15(20-12)23(3)18(27)21-16(14)25/h7H,5-6,8H2,1-4H3,(H,19,20)(H,21,25,27). The van der Waals surface area contributed by atoms with E-state index in [-0.39, 0.29) is 36.5 Å². The predicted molar refractivity (Wildman–Crippen MR) is 102 cm³/mol. The minimum Gasteiger partial charge on any atom is -0.465 e. The summed E-state index contributed by atoms with van der Waals surface area (Å²) in [6.07, 6.45) is 0.391. The SMILES string of the molecule is COC(=O)c1cc(CN(C)C(=O)CCc2nc3c([nH]2)c(=O)[nH]c(=O)n3C)oc1C. The molecule has 2 N–H and O–H groups in total. The van der Waals surface area contributed by atoms with E-state index in [1.54, 1.807) is 20.0 Å². The molecule has 0 spiro atoms. The van der Waals surface area contributed by atoms with Crippen molar-refractivity contribution >= 4 is 23.0 Å². The van der Waals surface area contributed by atoms with Gasteiger partial charge in [0.2, 0.25) is 5.91 Å². The van der Waals surface area contributed by atoms with Crippen LogP contribution in [0.25, 0.3) is 11.2 Å². The molecule has 3 aromatic rings. The molecule has 154 valence electrons. The Morgan fingerprint density at radius 1 is 1.31 bits per heavy atom. The summed E-state index contributed by atoms with van der Waals surface area (Å²) in [6.45, 7) is 1.83. The molecule has 11 nitrogen and oxygen atoms in total. The van der Waals surface area contributed by atoms with Crippen molar-refractivity contribution in [2.45, 2.75) is 26.3 Å². The molecule has 29 heavy (non-hydrogen) atoms. The number of aromatic nitrogens is 4. The summed E-state index contributed by atoms with van der Waals surface area (Å²) in [4.78, 5) is 58.3. The highest BCUT2D eigenvalue weighted by atomic mass is 16.5. The zero-order chi connectivity index (χ0) is 21.3. The first kappa shape index (κ1) is 20.1. The fourth-order valence-corrected chi connectivity index (χ4v) is 2.94. The monoisotopic (exact) mass is 403 g/mol. The average Bonchev–Trinajstić information content (AvgIpc) is 3.27. The number of carbonyl (C=O) groups is 2. The lowest BCUT2D eigenvalue weighted by Gasteiger charge is -2.15. The number of nitrogens with one attached hydrogen (secondary N) is 2. The van der Waals surface area contributed by atoms with Gasteiger partial charge in [0.25, 0.3) is 5.56 Å². The Kier molecular flexibility index (Phi) is 5.39. The van der Waals surface area contributed by atoms with Gasteiger partial charge in [0.15, 0.2) is 5.65 Å². The van der Waals surface area contributed by atoms with E-state index in [1.807, 2.05) is 0 Å². The number of rotatable bonds is 6.